The summed E-state index contributed by atoms with van der Waals surface area (Å²) in [7, 11) is 0. The van der Waals surface area contributed by atoms with Crippen molar-refractivity contribution in [3.63, 3.8) is 0 Å². The zero-order chi connectivity index (χ0) is 17.0. The third kappa shape index (κ3) is 4.18. The lowest BCUT2D eigenvalue weighted by Gasteiger charge is -2.19. The summed E-state index contributed by atoms with van der Waals surface area (Å²) in [6.45, 7) is 5.88. The summed E-state index contributed by atoms with van der Waals surface area (Å²) in [6.07, 6.45) is -0.0669. The van der Waals surface area contributed by atoms with Crippen LogP contribution in [-0.4, -0.2) is 12.0 Å². The Hall–Kier alpha value is -1.71. The Morgan fingerprint density at radius 3 is 2.57 bits per heavy atom. The van der Waals surface area contributed by atoms with Crippen molar-refractivity contribution in [2.45, 2.75) is 33.3 Å². The molecule has 0 saturated heterocycles. The van der Waals surface area contributed by atoms with Crippen molar-refractivity contribution in [3.05, 3.63) is 57.6 Å². The van der Waals surface area contributed by atoms with E-state index < -0.39 is 6.10 Å². The molecule has 1 atom stereocenters. The van der Waals surface area contributed by atoms with Gasteiger partial charge in [0.1, 0.15) is 5.75 Å². The van der Waals surface area contributed by atoms with E-state index in [0.717, 1.165) is 11.1 Å². The molecule has 0 aromatic heterocycles. The Bertz CT molecular complexity index is 716. The van der Waals surface area contributed by atoms with E-state index in [2.05, 4.69) is 5.32 Å². The number of carbonyl (C=O) groups excluding carboxylic acids is 1. The van der Waals surface area contributed by atoms with Crippen LogP contribution < -0.4 is 10.1 Å². The zero-order valence-electron chi connectivity index (χ0n) is 13.3. The second-order valence-electron chi connectivity index (χ2n) is 5.30. The molecule has 2 aromatic rings. The third-order valence-electron chi connectivity index (χ3n) is 3.70. The number of ether oxygens (including phenoxy) is 1. The number of rotatable bonds is 5. The molecule has 5 heteroatoms. The Morgan fingerprint density at radius 1 is 1.17 bits per heavy atom. The maximum atomic E-state index is 12.5. The molecule has 0 aliphatic heterocycles. The Kier molecular flexibility index (Phi) is 5.91. The summed E-state index contributed by atoms with van der Waals surface area (Å²) in [6, 6.07) is 10.9. The van der Waals surface area contributed by atoms with E-state index in [9.17, 15) is 4.79 Å². The molecule has 23 heavy (non-hydrogen) atoms. The van der Waals surface area contributed by atoms with Gasteiger partial charge in [-0.2, -0.15) is 0 Å². The fourth-order valence-corrected chi connectivity index (χ4v) is 2.49. The smallest absolute Gasteiger partial charge is 0.265 e. The molecule has 0 radical (unpaired) electrons. The molecular formula is C18H19Cl2NO2. The monoisotopic (exact) mass is 351 g/mol. The van der Waals surface area contributed by atoms with Crippen LogP contribution >= 0.6 is 23.2 Å². The van der Waals surface area contributed by atoms with Crippen LogP contribution in [0.4, 0.5) is 5.69 Å². The number of amides is 1. The quantitative estimate of drug-likeness (QED) is 0.782. The van der Waals surface area contributed by atoms with Crippen molar-refractivity contribution in [2.24, 2.45) is 0 Å². The highest BCUT2D eigenvalue weighted by atomic mass is 35.5. The first kappa shape index (κ1) is 17.6. The molecule has 2 rings (SSSR count). The standard InChI is InChI=1S/C18H19Cl2NO2/c1-4-15(23-16-10-5-7-11(2)12(16)3)18(22)21-14-9-6-8-13(19)17(14)20/h5-10,15H,4H2,1-3H3,(H,21,22)/t15-/m0/s1. The number of halogens is 2. The van der Waals surface area contributed by atoms with Gasteiger partial charge in [-0.1, -0.05) is 48.3 Å². The van der Waals surface area contributed by atoms with Crippen LogP contribution in [0.1, 0.15) is 24.5 Å². The first-order chi connectivity index (χ1) is 10.9. The normalized spacial score (nSPS) is 11.9. The minimum Gasteiger partial charge on any atom is -0.480 e. The first-order valence-corrected chi connectivity index (χ1v) is 8.17. The molecule has 0 aliphatic carbocycles. The number of aryl methyl sites for hydroxylation is 1. The lowest BCUT2D eigenvalue weighted by molar-refractivity contribution is -0.122. The van der Waals surface area contributed by atoms with E-state index in [-0.39, 0.29) is 5.91 Å². The van der Waals surface area contributed by atoms with Gasteiger partial charge < -0.3 is 10.1 Å². The second kappa shape index (κ2) is 7.71. The van der Waals surface area contributed by atoms with Crippen LogP contribution in [0.25, 0.3) is 0 Å². The summed E-state index contributed by atoms with van der Waals surface area (Å²) in [5.41, 5.74) is 2.63. The molecule has 0 aliphatic rings. The van der Waals surface area contributed by atoms with Crippen molar-refractivity contribution >= 4 is 34.8 Å². The summed E-state index contributed by atoms with van der Waals surface area (Å²) in [5, 5.41) is 3.50. The fraction of sp³-hybridized carbons (Fsp3) is 0.278. The largest absolute Gasteiger partial charge is 0.480 e. The highest BCUT2D eigenvalue weighted by Gasteiger charge is 2.20. The Labute approximate surface area is 146 Å². The molecular weight excluding hydrogens is 333 g/mol. The molecule has 3 nitrogen and oxygen atoms in total. The van der Waals surface area contributed by atoms with Crippen molar-refractivity contribution in [3.8, 4) is 5.75 Å². The zero-order valence-corrected chi connectivity index (χ0v) is 14.8. The van der Waals surface area contributed by atoms with Crippen LogP contribution in [0.3, 0.4) is 0 Å². The predicted octanol–water partition coefficient (Wildman–Crippen LogP) is 5.41. The SMILES string of the molecule is CC[C@H](Oc1cccc(C)c1C)C(=O)Nc1cccc(Cl)c1Cl. The lowest BCUT2D eigenvalue weighted by atomic mass is 10.1. The number of nitrogens with one attached hydrogen (secondary N) is 1. The van der Waals surface area contributed by atoms with E-state index in [0.29, 0.717) is 27.9 Å². The average molecular weight is 352 g/mol. The van der Waals surface area contributed by atoms with Gasteiger partial charge in [0.25, 0.3) is 5.91 Å². The average Bonchev–Trinajstić information content (AvgIpc) is 2.53. The minimum atomic E-state index is -0.606. The van der Waals surface area contributed by atoms with Gasteiger partial charge >= 0.3 is 0 Å². The first-order valence-electron chi connectivity index (χ1n) is 7.41. The summed E-state index contributed by atoms with van der Waals surface area (Å²) >= 11 is 12.1. The number of anilines is 1. The van der Waals surface area contributed by atoms with Gasteiger partial charge in [0.15, 0.2) is 6.10 Å². The molecule has 0 heterocycles. The van der Waals surface area contributed by atoms with Crippen LogP contribution in [0.15, 0.2) is 36.4 Å². The van der Waals surface area contributed by atoms with Gasteiger partial charge in [0.05, 0.1) is 15.7 Å². The minimum absolute atomic E-state index is 0.252. The third-order valence-corrected chi connectivity index (χ3v) is 4.52. The molecule has 1 amide bonds. The Balaban J connectivity index is 2.15. The van der Waals surface area contributed by atoms with Crippen molar-refractivity contribution in [1.29, 1.82) is 0 Å². The molecule has 0 saturated carbocycles. The Morgan fingerprint density at radius 2 is 1.87 bits per heavy atom. The fourth-order valence-electron chi connectivity index (χ4n) is 2.14. The lowest BCUT2D eigenvalue weighted by Crippen LogP contribution is -2.32. The summed E-state index contributed by atoms with van der Waals surface area (Å²) in [4.78, 5) is 12.5. The molecule has 0 fully saturated rings. The molecule has 0 unspecified atom stereocenters. The van der Waals surface area contributed by atoms with Crippen molar-refractivity contribution in [2.75, 3.05) is 5.32 Å². The van der Waals surface area contributed by atoms with Gasteiger partial charge in [-0.25, -0.2) is 0 Å². The van der Waals surface area contributed by atoms with Gasteiger partial charge in [-0.15, -0.1) is 0 Å². The van der Waals surface area contributed by atoms with Gasteiger partial charge in [-0.3, -0.25) is 4.79 Å². The van der Waals surface area contributed by atoms with E-state index in [1.165, 1.54) is 0 Å². The van der Waals surface area contributed by atoms with Crippen LogP contribution in [0, 0.1) is 13.8 Å². The molecule has 2 aromatic carbocycles. The maximum Gasteiger partial charge on any atom is 0.265 e. The summed E-state index contributed by atoms with van der Waals surface area (Å²) in [5.74, 6) is 0.460. The van der Waals surface area contributed by atoms with Crippen molar-refractivity contribution < 1.29 is 9.53 Å². The maximum absolute atomic E-state index is 12.5. The number of hydrogen-bond donors (Lipinski definition) is 1. The molecule has 0 bridgehead atoms. The van der Waals surface area contributed by atoms with Crippen LogP contribution in [0.5, 0.6) is 5.75 Å². The van der Waals surface area contributed by atoms with Gasteiger partial charge in [-0.05, 0) is 49.6 Å². The number of benzene rings is 2. The number of hydrogen-bond acceptors (Lipinski definition) is 2. The highest BCUT2D eigenvalue weighted by Crippen LogP contribution is 2.30. The highest BCUT2D eigenvalue weighted by molar-refractivity contribution is 6.44. The van der Waals surface area contributed by atoms with Crippen molar-refractivity contribution in [1.82, 2.24) is 0 Å². The van der Waals surface area contributed by atoms with E-state index >= 15 is 0 Å². The van der Waals surface area contributed by atoms with Crippen LogP contribution in [0.2, 0.25) is 10.0 Å². The number of carbonyl (C=O) groups is 1. The topological polar surface area (TPSA) is 38.3 Å². The molecule has 0 spiro atoms. The molecule has 122 valence electrons. The molecule has 1 N–H and O–H groups in total. The van der Waals surface area contributed by atoms with E-state index in [1.807, 2.05) is 39.0 Å². The van der Waals surface area contributed by atoms with Crippen LogP contribution in [-0.2, 0) is 4.79 Å². The van der Waals surface area contributed by atoms with E-state index in [1.54, 1.807) is 18.2 Å². The second-order valence-corrected chi connectivity index (χ2v) is 6.09. The summed E-state index contributed by atoms with van der Waals surface area (Å²) < 4.78 is 5.89. The van der Waals surface area contributed by atoms with Gasteiger partial charge in [0, 0.05) is 0 Å². The predicted molar refractivity (Wildman–Crippen MR) is 95.7 cm³/mol. The van der Waals surface area contributed by atoms with E-state index in [4.69, 9.17) is 27.9 Å². The van der Waals surface area contributed by atoms with Gasteiger partial charge in [0.2, 0.25) is 0 Å².